The number of anilines is 4. The van der Waals surface area contributed by atoms with Crippen LogP contribution in [0.5, 0.6) is 0 Å². The standard InChI is InChI=1S/C11H13FN6/c1-6-3-2-4-7(12)10(6)15-8-5-9(18-14)17-11(13)16-8/h2-5H,14H2,1H3,(H4,13,15,16,17,18). The monoisotopic (exact) mass is 248 g/mol. The molecule has 0 saturated carbocycles. The molecule has 0 aliphatic carbocycles. The average molecular weight is 248 g/mol. The molecule has 2 aromatic rings. The molecule has 7 heteroatoms. The van der Waals surface area contributed by atoms with Gasteiger partial charge in [0.25, 0.3) is 0 Å². The number of aryl methyl sites for hydroxylation is 1. The van der Waals surface area contributed by atoms with Gasteiger partial charge in [0.2, 0.25) is 5.95 Å². The molecule has 1 heterocycles. The Bertz CT molecular complexity index is 551. The summed E-state index contributed by atoms with van der Waals surface area (Å²) in [5.41, 5.74) is 8.98. The van der Waals surface area contributed by atoms with Gasteiger partial charge in [-0.2, -0.15) is 9.97 Å². The number of aromatic nitrogens is 2. The fourth-order valence-electron chi connectivity index (χ4n) is 1.52. The van der Waals surface area contributed by atoms with Crippen LogP contribution in [0.4, 0.5) is 27.7 Å². The molecule has 1 aromatic heterocycles. The van der Waals surface area contributed by atoms with Crippen LogP contribution >= 0.6 is 0 Å². The minimum atomic E-state index is -0.366. The Morgan fingerprint density at radius 2 is 1.94 bits per heavy atom. The summed E-state index contributed by atoms with van der Waals surface area (Å²) in [6, 6.07) is 6.32. The number of hydrazine groups is 1. The van der Waals surface area contributed by atoms with E-state index in [0.717, 1.165) is 5.56 Å². The van der Waals surface area contributed by atoms with Crippen molar-refractivity contribution in [3.63, 3.8) is 0 Å². The van der Waals surface area contributed by atoms with E-state index >= 15 is 0 Å². The molecular weight excluding hydrogens is 235 g/mol. The van der Waals surface area contributed by atoms with Crippen molar-refractivity contribution in [2.24, 2.45) is 5.84 Å². The zero-order valence-corrected chi connectivity index (χ0v) is 9.74. The number of nitrogens with one attached hydrogen (secondary N) is 2. The molecule has 0 aliphatic heterocycles. The summed E-state index contributed by atoms with van der Waals surface area (Å²) in [6.07, 6.45) is 0. The number of hydrogen-bond donors (Lipinski definition) is 4. The zero-order chi connectivity index (χ0) is 13.1. The predicted molar refractivity (Wildman–Crippen MR) is 68.7 cm³/mol. The topological polar surface area (TPSA) is 102 Å². The van der Waals surface area contributed by atoms with Crippen LogP contribution in [0.3, 0.4) is 0 Å². The molecule has 1 aromatic carbocycles. The molecule has 0 bridgehead atoms. The molecule has 0 saturated heterocycles. The van der Waals surface area contributed by atoms with Gasteiger partial charge >= 0.3 is 0 Å². The van der Waals surface area contributed by atoms with Gasteiger partial charge < -0.3 is 16.5 Å². The van der Waals surface area contributed by atoms with E-state index in [4.69, 9.17) is 11.6 Å². The lowest BCUT2D eigenvalue weighted by Crippen LogP contribution is -2.11. The molecule has 6 nitrogen and oxygen atoms in total. The third kappa shape index (κ3) is 2.46. The Morgan fingerprint density at radius 3 is 2.61 bits per heavy atom. The minimum Gasteiger partial charge on any atom is -0.368 e. The first-order chi connectivity index (χ1) is 8.60. The maximum atomic E-state index is 13.6. The van der Waals surface area contributed by atoms with Crippen molar-refractivity contribution >= 4 is 23.3 Å². The van der Waals surface area contributed by atoms with Crippen molar-refractivity contribution in [2.45, 2.75) is 6.92 Å². The molecule has 94 valence electrons. The van der Waals surface area contributed by atoms with Crippen LogP contribution in [0.1, 0.15) is 5.56 Å². The first-order valence-corrected chi connectivity index (χ1v) is 5.23. The van der Waals surface area contributed by atoms with Crippen LogP contribution in [0.15, 0.2) is 24.3 Å². The number of halogens is 1. The molecule has 18 heavy (non-hydrogen) atoms. The Hall–Kier alpha value is -2.41. The van der Waals surface area contributed by atoms with Gasteiger partial charge in [0.1, 0.15) is 17.5 Å². The summed E-state index contributed by atoms with van der Waals surface area (Å²) in [4.78, 5) is 7.79. The Balaban J connectivity index is 2.37. The molecule has 0 fully saturated rings. The van der Waals surface area contributed by atoms with Crippen LogP contribution in [0.25, 0.3) is 0 Å². The quantitative estimate of drug-likeness (QED) is 0.485. The molecule has 0 aliphatic rings. The Kier molecular flexibility index (Phi) is 3.24. The zero-order valence-electron chi connectivity index (χ0n) is 9.74. The second-order valence-electron chi connectivity index (χ2n) is 3.70. The fraction of sp³-hybridized carbons (Fsp3) is 0.0909. The van der Waals surface area contributed by atoms with E-state index < -0.39 is 0 Å². The molecule has 0 radical (unpaired) electrons. The van der Waals surface area contributed by atoms with Gasteiger partial charge in [0.15, 0.2) is 0 Å². The van der Waals surface area contributed by atoms with Gasteiger partial charge in [-0.3, -0.25) is 0 Å². The van der Waals surface area contributed by atoms with Crippen LogP contribution in [0.2, 0.25) is 0 Å². The van der Waals surface area contributed by atoms with Crippen molar-refractivity contribution < 1.29 is 4.39 Å². The number of nitrogen functional groups attached to an aromatic ring is 2. The molecule has 6 N–H and O–H groups in total. The molecular formula is C11H13FN6. The Labute approximate surface area is 103 Å². The average Bonchev–Trinajstić information content (AvgIpc) is 2.33. The van der Waals surface area contributed by atoms with E-state index in [1.807, 2.05) is 0 Å². The maximum Gasteiger partial charge on any atom is 0.223 e. The van der Waals surface area contributed by atoms with Gasteiger partial charge in [-0.05, 0) is 18.6 Å². The largest absolute Gasteiger partial charge is 0.368 e. The Morgan fingerprint density at radius 1 is 1.22 bits per heavy atom. The third-order valence-corrected chi connectivity index (χ3v) is 2.37. The second kappa shape index (κ2) is 4.84. The summed E-state index contributed by atoms with van der Waals surface area (Å²) in [6.45, 7) is 1.79. The van der Waals surface area contributed by atoms with E-state index in [1.165, 1.54) is 12.1 Å². The third-order valence-electron chi connectivity index (χ3n) is 2.37. The summed E-state index contributed by atoms with van der Waals surface area (Å²) < 4.78 is 13.6. The van der Waals surface area contributed by atoms with Crippen LogP contribution in [0, 0.1) is 12.7 Å². The number of hydrogen-bond acceptors (Lipinski definition) is 6. The number of para-hydroxylation sites is 1. The maximum absolute atomic E-state index is 13.6. The predicted octanol–water partition coefficient (Wildman–Crippen LogP) is 1.54. The lowest BCUT2D eigenvalue weighted by molar-refractivity contribution is 0.631. The highest BCUT2D eigenvalue weighted by Crippen LogP contribution is 2.23. The smallest absolute Gasteiger partial charge is 0.223 e. The van der Waals surface area contributed by atoms with Crippen LogP contribution < -0.4 is 22.3 Å². The summed E-state index contributed by atoms with van der Waals surface area (Å²) >= 11 is 0. The van der Waals surface area contributed by atoms with Crippen molar-refractivity contribution in [1.29, 1.82) is 0 Å². The minimum absolute atomic E-state index is 0.0435. The van der Waals surface area contributed by atoms with Gasteiger partial charge in [-0.15, -0.1) is 0 Å². The van der Waals surface area contributed by atoms with Gasteiger partial charge in [0.05, 0.1) is 5.69 Å². The molecule has 0 atom stereocenters. The number of nitrogens with two attached hydrogens (primary N) is 2. The van der Waals surface area contributed by atoms with Crippen LogP contribution in [-0.2, 0) is 0 Å². The molecule has 0 spiro atoms. The van der Waals surface area contributed by atoms with E-state index in [9.17, 15) is 4.39 Å². The summed E-state index contributed by atoms with van der Waals surface area (Å²) in [5.74, 6) is 5.63. The van der Waals surface area contributed by atoms with Crippen LogP contribution in [-0.4, -0.2) is 9.97 Å². The van der Waals surface area contributed by atoms with E-state index in [-0.39, 0.29) is 11.8 Å². The van der Waals surface area contributed by atoms with Crippen molar-refractivity contribution in [2.75, 3.05) is 16.5 Å². The number of nitrogens with zero attached hydrogens (tertiary/aromatic N) is 2. The van der Waals surface area contributed by atoms with E-state index in [1.54, 1.807) is 19.1 Å². The summed E-state index contributed by atoms with van der Waals surface area (Å²) in [5, 5.41) is 2.85. The molecule has 0 amide bonds. The number of benzene rings is 1. The number of rotatable bonds is 3. The molecule has 0 unspecified atom stereocenters. The van der Waals surface area contributed by atoms with Gasteiger partial charge in [-0.25, -0.2) is 10.2 Å². The van der Waals surface area contributed by atoms with E-state index in [2.05, 4.69) is 20.7 Å². The normalized spacial score (nSPS) is 10.2. The van der Waals surface area contributed by atoms with Crippen molar-refractivity contribution in [3.05, 3.63) is 35.6 Å². The SMILES string of the molecule is Cc1cccc(F)c1Nc1cc(NN)nc(N)n1. The van der Waals surface area contributed by atoms with E-state index in [0.29, 0.717) is 17.3 Å². The lowest BCUT2D eigenvalue weighted by Gasteiger charge is -2.11. The fourth-order valence-corrected chi connectivity index (χ4v) is 1.52. The van der Waals surface area contributed by atoms with Gasteiger partial charge in [-0.1, -0.05) is 12.1 Å². The van der Waals surface area contributed by atoms with Crippen molar-refractivity contribution in [1.82, 2.24) is 9.97 Å². The molecule has 2 rings (SSSR count). The second-order valence-corrected chi connectivity index (χ2v) is 3.70. The first kappa shape index (κ1) is 12.1. The van der Waals surface area contributed by atoms with Crippen molar-refractivity contribution in [3.8, 4) is 0 Å². The highest BCUT2D eigenvalue weighted by Gasteiger charge is 2.07. The highest BCUT2D eigenvalue weighted by atomic mass is 19.1. The lowest BCUT2D eigenvalue weighted by atomic mass is 10.2. The highest BCUT2D eigenvalue weighted by molar-refractivity contribution is 5.63. The van der Waals surface area contributed by atoms with Gasteiger partial charge in [0, 0.05) is 6.07 Å². The first-order valence-electron chi connectivity index (χ1n) is 5.23. The summed E-state index contributed by atoms with van der Waals surface area (Å²) in [7, 11) is 0.